The molecule has 26 rings (SSSR count). The van der Waals surface area contributed by atoms with Crippen molar-refractivity contribution in [2.75, 3.05) is 0 Å². The molecular formula is C110H73BrN8. The summed E-state index contributed by atoms with van der Waals surface area (Å²) in [6, 6.07) is 146. The van der Waals surface area contributed by atoms with E-state index in [0.29, 0.717) is 0 Å². The van der Waals surface area contributed by atoms with Crippen molar-refractivity contribution in [2.24, 2.45) is 14.1 Å². The van der Waals surface area contributed by atoms with Gasteiger partial charge in [0, 0.05) is 166 Å². The molecule has 8 nitrogen and oxygen atoms in total. The summed E-state index contributed by atoms with van der Waals surface area (Å²) in [6.45, 7) is 0. The molecule has 1 N–H and O–H groups in total. The summed E-state index contributed by atoms with van der Waals surface area (Å²) in [5, 5.41) is 20.2. The highest BCUT2D eigenvalue weighted by Gasteiger charge is 2.23. The molecule has 0 radical (unpaired) electrons. The lowest BCUT2D eigenvalue weighted by Crippen LogP contribution is -1.95. The Balaban J connectivity index is 0.000000118. The number of fused-ring (bicyclic) bond motifs is 24. The van der Waals surface area contributed by atoms with Gasteiger partial charge in [0.1, 0.15) is 0 Å². The van der Waals surface area contributed by atoms with Gasteiger partial charge >= 0.3 is 0 Å². The Morgan fingerprint density at radius 1 is 0.168 bits per heavy atom. The van der Waals surface area contributed by atoms with E-state index in [2.05, 4.69) is 467 Å². The molecule has 119 heavy (non-hydrogen) atoms. The van der Waals surface area contributed by atoms with Crippen molar-refractivity contribution in [3.63, 3.8) is 0 Å². The first kappa shape index (κ1) is 68.3. The average molecular weight is 1590 g/mol. The van der Waals surface area contributed by atoms with Crippen molar-refractivity contribution >= 4 is 190 Å². The van der Waals surface area contributed by atoms with E-state index in [1.54, 1.807) is 0 Å². The quantitative estimate of drug-likeness (QED) is 0.165. The lowest BCUT2D eigenvalue weighted by Gasteiger charge is -2.11. The number of halogens is 1. The van der Waals surface area contributed by atoms with E-state index >= 15 is 0 Å². The highest BCUT2D eigenvalue weighted by molar-refractivity contribution is 9.10. The van der Waals surface area contributed by atoms with Crippen LogP contribution in [0, 0.1) is 0 Å². The minimum Gasteiger partial charge on any atom is -0.355 e. The van der Waals surface area contributed by atoms with Gasteiger partial charge < -0.3 is 37.0 Å². The number of nitrogens with one attached hydrogen (secondary N) is 1. The van der Waals surface area contributed by atoms with Gasteiger partial charge in [-0.2, -0.15) is 0 Å². The smallest absolute Gasteiger partial charge is 0.0542 e. The van der Waals surface area contributed by atoms with Crippen LogP contribution in [0.3, 0.4) is 0 Å². The van der Waals surface area contributed by atoms with E-state index < -0.39 is 0 Å². The normalized spacial score (nSPS) is 12.0. The van der Waals surface area contributed by atoms with Gasteiger partial charge in [0.2, 0.25) is 0 Å². The number of para-hydroxylation sites is 10. The van der Waals surface area contributed by atoms with Crippen molar-refractivity contribution in [1.29, 1.82) is 0 Å². The molecule has 0 saturated carbocycles. The molecule has 26 aromatic rings. The van der Waals surface area contributed by atoms with Crippen LogP contribution in [-0.4, -0.2) is 37.0 Å². The second-order valence-electron chi connectivity index (χ2n) is 31.5. The van der Waals surface area contributed by atoms with Crippen LogP contribution in [0.1, 0.15) is 0 Å². The van der Waals surface area contributed by atoms with Crippen LogP contribution in [0.4, 0.5) is 0 Å². The van der Waals surface area contributed by atoms with E-state index in [4.69, 9.17) is 0 Å². The molecular weight excluding hydrogens is 1510 g/mol. The zero-order valence-corrected chi connectivity index (χ0v) is 66.7. The predicted octanol–water partition coefficient (Wildman–Crippen LogP) is 29.6. The largest absolute Gasteiger partial charge is 0.355 e. The fourth-order valence-corrected chi connectivity index (χ4v) is 20.0. The Morgan fingerprint density at radius 3 is 0.790 bits per heavy atom. The maximum Gasteiger partial charge on any atom is 0.0542 e. The molecule has 0 spiro atoms. The molecule has 0 amide bonds. The van der Waals surface area contributed by atoms with Crippen LogP contribution >= 0.6 is 15.9 Å². The lowest BCUT2D eigenvalue weighted by molar-refractivity contribution is 1.01. The van der Waals surface area contributed by atoms with Gasteiger partial charge in [0.05, 0.1) is 55.2 Å². The molecule has 8 heterocycles. The van der Waals surface area contributed by atoms with E-state index in [9.17, 15) is 0 Å². The average Bonchev–Trinajstić information content (AvgIpc) is 1.58. The van der Waals surface area contributed by atoms with Crippen LogP contribution in [0.25, 0.3) is 225 Å². The molecule has 560 valence electrons. The first-order valence-corrected chi connectivity index (χ1v) is 41.5. The lowest BCUT2D eigenvalue weighted by atomic mass is 10.0. The predicted molar refractivity (Wildman–Crippen MR) is 507 cm³/mol. The van der Waals surface area contributed by atoms with E-state index in [-0.39, 0.29) is 0 Å². The molecule has 8 aromatic heterocycles. The van der Waals surface area contributed by atoms with Crippen molar-refractivity contribution in [2.45, 2.75) is 0 Å². The standard InChI is InChI=1S/C55H36N4.C42H27N3.C13H10BrN/c1-56-48-19-9-5-15-40(48)46-33-38(25-29-49(46)56)58-51-21-11-6-16-41(51)44-31-35(23-27-53(44)58)36-24-28-54-45(32-36)42-17-7-12-22-52(42)59(54)39-26-30-55-47(34-39)43-18-8-10-20-50(43)57(55)37-13-3-2-4-14-37;1-2-10-29(11-3-1)44-39-16-8-6-14-33(39)36-26-30(20-23-42(36)44)45-40-17-9-5-13-32(40)35-25-28(19-22-41(35)45)27-18-21-38-34(24-27)31-12-4-7-15-37(31)43-38;1-15-12-5-3-2-4-10(12)11-8-9(14)6-7-13(11)15/h2-34H,1H3;1-26,43H;2-8H,1H3. The van der Waals surface area contributed by atoms with E-state index in [1.807, 2.05) is 0 Å². The zero-order chi connectivity index (χ0) is 78.7. The Kier molecular flexibility index (Phi) is 15.5. The van der Waals surface area contributed by atoms with Crippen molar-refractivity contribution in [1.82, 2.24) is 37.0 Å². The Labute approximate surface area is 692 Å². The minimum atomic E-state index is 1.13. The summed E-state index contributed by atoms with van der Waals surface area (Å²) in [7, 11) is 4.27. The number of aryl methyl sites for hydroxylation is 2. The monoisotopic (exact) mass is 1580 g/mol. The Hall–Kier alpha value is -15.2. The summed E-state index contributed by atoms with van der Waals surface area (Å²) in [4.78, 5) is 3.56. The molecule has 0 atom stereocenters. The fourth-order valence-electron chi connectivity index (χ4n) is 19.7. The van der Waals surface area contributed by atoms with E-state index in [0.717, 1.165) is 15.8 Å². The molecule has 9 heteroatoms. The highest BCUT2D eigenvalue weighted by atomic mass is 79.9. The summed E-state index contributed by atoms with van der Waals surface area (Å²) in [6.07, 6.45) is 0. The Bertz CT molecular complexity index is 8670. The number of rotatable bonds is 7. The van der Waals surface area contributed by atoms with Gasteiger partial charge in [0.15, 0.2) is 0 Å². The molecule has 0 aliphatic heterocycles. The summed E-state index contributed by atoms with van der Waals surface area (Å²) < 4.78 is 17.7. The maximum atomic E-state index is 3.56. The zero-order valence-electron chi connectivity index (χ0n) is 65.1. The number of aromatic amines is 1. The molecule has 0 aliphatic carbocycles. The number of aromatic nitrogens is 8. The molecule has 0 aliphatic rings. The topological polar surface area (TPSA) is 50.3 Å². The van der Waals surface area contributed by atoms with Gasteiger partial charge in [-0.05, 0) is 216 Å². The van der Waals surface area contributed by atoms with Crippen LogP contribution in [0.2, 0.25) is 0 Å². The van der Waals surface area contributed by atoms with Crippen LogP contribution in [-0.2, 0) is 14.1 Å². The Morgan fingerprint density at radius 2 is 0.403 bits per heavy atom. The highest BCUT2D eigenvalue weighted by Crippen LogP contribution is 2.45. The van der Waals surface area contributed by atoms with Crippen LogP contribution in [0.5, 0.6) is 0 Å². The molecule has 18 aromatic carbocycles. The maximum absolute atomic E-state index is 3.56. The van der Waals surface area contributed by atoms with Gasteiger partial charge in [-0.25, -0.2) is 0 Å². The minimum absolute atomic E-state index is 1.13. The van der Waals surface area contributed by atoms with Crippen molar-refractivity contribution in [3.8, 4) is 50.7 Å². The van der Waals surface area contributed by atoms with E-state index in [1.165, 1.54) is 214 Å². The van der Waals surface area contributed by atoms with Gasteiger partial charge in [0.25, 0.3) is 0 Å². The second kappa shape index (κ2) is 27.0. The molecule has 0 saturated heterocycles. The van der Waals surface area contributed by atoms with Crippen LogP contribution in [0.15, 0.2) is 405 Å². The number of nitrogens with zero attached hydrogens (tertiary/aromatic N) is 7. The third-order valence-corrected chi connectivity index (χ3v) is 25.6. The van der Waals surface area contributed by atoms with Crippen molar-refractivity contribution in [3.05, 3.63) is 405 Å². The van der Waals surface area contributed by atoms with Crippen LogP contribution < -0.4 is 0 Å². The third kappa shape index (κ3) is 10.7. The number of hydrogen-bond donors (Lipinski definition) is 1. The number of H-pyrrole nitrogens is 1. The second-order valence-corrected chi connectivity index (χ2v) is 32.4. The summed E-state index contributed by atoms with van der Waals surface area (Å²) in [5.41, 5.74) is 30.2. The number of hydrogen-bond acceptors (Lipinski definition) is 0. The SMILES string of the molecule is Cn1c2ccccc2c2cc(-n3c4ccccc4c4cc(-c5ccc6c(c5)c5ccccc5n6-c5ccc6c(c5)c5ccccc5n6-c5ccccc5)ccc43)ccc21.Cn1c2ccccc2c2cc(Br)ccc21.c1ccc(-n2c3ccccc3c3cc(-n4c5ccccc5c5cc(-c6ccc7[nH]c8ccccc8c7c6)ccc54)ccc32)cc1. The first-order chi connectivity index (χ1) is 58.8. The van der Waals surface area contributed by atoms with Gasteiger partial charge in [-0.15, -0.1) is 0 Å². The summed E-state index contributed by atoms with van der Waals surface area (Å²) >= 11 is 3.52. The third-order valence-electron chi connectivity index (χ3n) is 25.1. The first-order valence-electron chi connectivity index (χ1n) is 40.7. The fraction of sp³-hybridized carbons (Fsp3) is 0.0182. The van der Waals surface area contributed by atoms with Gasteiger partial charge in [-0.1, -0.05) is 222 Å². The molecule has 0 unspecified atom stereocenters. The summed E-state index contributed by atoms with van der Waals surface area (Å²) in [5.74, 6) is 0. The number of benzene rings is 18. The molecule has 0 fully saturated rings. The van der Waals surface area contributed by atoms with Gasteiger partial charge in [-0.3, -0.25) is 0 Å². The molecule has 0 bridgehead atoms. The van der Waals surface area contributed by atoms with Crippen molar-refractivity contribution < 1.29 is 0 Å².